The van der Waals surface area contributed by atoms with Crippen molar-refractivity contribution in [2.45, 2.75) is 75.5 Å². The molecule has 0 bridgehead atoms. The topological polar surface area (TPSA) is 271 Å². The summed E-state index contributed by atoms with van der Waals surface area (Å²) in [5.41, 5.74) is 33.4. The third kappa shape index (κ3) is 14.1. The van der Waals surface area contributed by atoms with E-state index in [-0.39, 0.29) is 32.4 Å². The van der Waals surface area contributed by atoms with Crippen molar-refractivity contribution in [3.63, 3.8) is 0 Å². The Morgan fingerprint density at radius 2 is 0.781 bits per heavy atom. The van der Waals surface area contributed by atoms with E-state index in [1.807, 2.05) is 88.1 Å². The first-order valence-electron chi connectivity index (χ1n) is 25.2. The summed E-state index contributed by atoms with van der Waals surface area (Å²) in [7, 11) is 15.9. The third-order valence-corrected chi connectivity index (χ3v) is 13.2. The average molecular weight is 1000 g/mol. The van der Waals surface area contributed by atoms with Crippen LogP contribution in [0.1, 0.15) is 51.4 Å². The Morgan fingerprint density at radius 3 is 1.11 bits per heavy atom. The number of hydrogen-bond donors (Lipinski definition) is 9. The van der Waals surface area contributed by atoms with Gasteiger partial charge in [0.1, 0.15) is 18.1 Å². The number of rotatable bonds is 27. The van der Waals surface area contributed by atoms with Crippen LogP contribution in [0.25, 0.3) is 43.6 Å². The van der Waals surface area contributed by atoms with Gasteiger partial charge in [-0.15, -0.1) is 0 Å². The first-order valence-corrected chi connectivity index (χ1v) is 25.2. The molecule has 2 heterocycles. The van der Waals surface area contributed by atoms with E-state index in [2.05, 4.69) is 87.2 Å². The summed E-state index contributed by atoms with van der Waals surface area (Å²) < 4.78 is 0. The molecule has 0 saturated carbocycles. The fourth-order valence-corrected chi connectivity index (χ4v) is 8.82. The summed E-state index contributed by atoms with van der Waals surface area (Å²) in [4.78, 5) is 72.4. The largest absolute Gasteiger partial charge is 0.384 e. The number of pyridine rings is 2. The number of hydrogen-bond acceptors (Lipinski definition) is 15. The van der Waals surface area contributed by atoms with Crippen LogP contribution in [-0.4, -0.2) is 140 Å². The standard InChI is InChI=1S/C54H77N15O4/c1-66(2)33-17-21-37-45(29-33)61-46-30-34(67(3)4)18-22-38(46)49(37)59-27-11-13-41(57)52(71)64-43(14-9-25-55)54(73)65-44(15-10-26-56)53(72)63-42(51(58)70)16-12-28-60-50-39-23-19-35(68(5)6)31-47(39)62-48-32-36(69(7)8)20-24-40(48)50/h17-24,29-32,41-44H,9-16,25-28,55-57H2,1-8H3,(H2,58,70)(H,59,61)(H,60,62)(H,63,72)(H,64,71)(H,65,73)/t41-,42-,43-,44-/m0/s1. The van der Waals surface area contributed by atoms with E-state index in [0.717, 1.165) is 77.7 Å². The maximum atomic E-state index is 13.9. The first-order chi connectivity index (χ1) is 34.9. The monoisotopic (exact) mass is 1000 g/mol. The number of nitrogens with zero attached hydrogens (tertiary/aromatic N) is 6. The molecule has 6 aromatic rings. The van der Waals surface area contributed by atoms with Gasteiger partial charge in [0.15, 0.2) is 0 Å². The lowest BCUT2D eigenvalue weighted by atomic mass is 10.0. The van der Waals surface area contributed by atoms with Gasteiger partial charge in [0.2, 0.25) is 23.6 Å². The lowest BCUT2D eigenvalue weighted by molar-refractivity contribution is -0.133. The lowest BCUT2D eigenvalue weighted by Gasteiger charge is -2.25. The molecule has 0 fully saturated rings. The SMILES string of the molecule is CN(C)c1ccc2c(NCCC[C@H](NC(=O)[C@H](CCCN)NC(=O)[C@H](CCCN)NC(=O)[C@@H](N)CCCNc3c4ccc(N(C)C)cc4nc4cc(N(C)C)ccc34)C(N)=O)c3ccc(N(C)C)cc3nc2c1. The van der Waals surface area contributed by atoms with E-state index in [1.54, 1.807) is 0 Å². The minimum Gasteiger partial charge on any atom is -0.384 e. The molecule has 0 unspecified atom stereocenters. The van der Waals surface area contributed by atoms with Crippen molar-refractivity contribution in [3.05, 3.63) is 72.8 Å². The van der Waals surface area contributed by atoms with Crippen LogP contribution in [0.5, 0.6) is 0 Å². The summed E-state index contributed by atoms with van der Waals surface area (Å²) in [6.07, 6.45) is 2.82. The van der Waals surface area contributed by atoms with Crippen molar-refractivity contribution in [2.24, 2.45) is 22.9 Å². The first kappa shape index (κ1) is 55.1. The van der Waals surface area contributed by atoms with Gasteiger partial charge in [-0.25, -0.2) is 9.97 Å². The van der Waals surface area contributed by atoms with Crippen molar-refractivity contribution in [1.82, 2.24) is 25.9 Å². The minimum absolute atomic E-state index is 0.189. The van der Waals surface area contributed by atoms with Gasteiger partial charge < -0.3 is 69.1 Å². The van der Waals surface area contributed by atoms with Crippen LogP contribution < -0.4 is 69.1 Å². The van der Waals surface area contributed by atoms with Crippen LogP contribution in [0.2, 0.25) is 0 Å². The molecule has 2 aromatic heterocycles. The zero-order valence-corrected chi connectivity index (χ0v) is 43.8. The molecular weight excluding hydrogens is 923 g/mol. The molecule has 4 aromatic carbocycles. The molecule has 4 amide bonds. The Hall–Kier alpha value is -7.22. The zero-order valence-electron chi connectivity index (χ0n) is 43.8. The molecular formula is C54H77N15O4. The van der Waals surface area contributed by atoms with Crippen LogP contribution in [0.3, 0.4) is 0 Å². The summed E-state index contributed by atoms with van der Waals surface area (Å²) in [6.45, 7) is 1.52. The number of carbonyl (C=O) groups excluding carboxylic acids is 4. The van der Waals surface area contributed by atoms with Crippen LogP contribution in [0, 0.1) is 0 Å². The summed E-state index contributed by atoms with van der Waals surface area (Å²) in [5, 5.41) is 19.5. The Labute approximate surface area is 429 Å². The maximum absolute atomic E-state index is 13.9. The van der Waals surface area contributed by atoms with Gasteiger partial charge in [0.05, 0.1) is 39.5 Å². The molecule has 0 aliphatic rings. The van der Waals surface area contributed by atoms with Crippen LogP contribution in [0.4, 0.5) is 34.1 Å². The molecule has 0 saturated heterocycles. The van der Waals surface area contributed by atoms with Crippen LogP contribution in [-0.2, 0) is 19.2 Å². The zero-order chi connectivity index (χ0) is 52.9. The molecule has 4 atom stereocenters. The molecule has 19 nitrogen and oxygen atoms in total. The van der Waals surface area contributed by atoms with Gasteiger partial charge in [0, 0.05) is 114 Å². The fourth-order valence-electron chi connectivity index (χ4n) is 8.82. The van der Waals surface area contributed by atoms with Gasteiger partial charge in [-0.2, -0.15) is 0 Å². The molecule has 73 heavy (non-hydrogen) atoms. The summed E-state index contributed by atoms with van der Waals surface area (Å²) >= 11 is 0. The number of primary amides is 1. The van der Waals surface area contributed by atoms with E-state index in [9.17, 15) is 19.2 Å². The molecule has 0 aliphatic carbocycles. The number of benzene rings is 4. The second-order valence-corrected chi connectivity index (χ2v) is 19.5. The molecule has 13 N–H and O–H groups in total. The highest BCUT2D eigenvalue weighted by Crippen LogP contribution is 2.36. The molecule has 0 aliphatic heterocycles. The Balaban J connectivity index is 1.07. The molecule has 392 valence electrons. The predicted octanol–water partition coefficient (Wildman–Crippen LogP) is 4.18. The van der Waals surface area contributed by atoms with Crippen molar-refractivity contribution in [3.8, 4) is 0 Å². The van der Waals surface area contributed by atoms with E-state index in [4.69, 9.17) is 32.9 Å². The predicted molar refractivity (Wildman–Crippen MR) is 301 cm³/mol. The summed E-state index contributed by atoms with van der Waals surface area (Å²) in [5.74, 6) is -2.37. The smallest absolute Gasteiger partial charge is 0.243 e. The lowest BCUT2D eigenvalue weighted by Crippen LogP contribution is -2.57. The van der Waals surface area contributed by atoms with E-state index >= 15 is 0 Å². The highest BCUT2D eigenvalue weighted by atomic mass is 16.2. The number of amides is 4. The van der Waals surface area contributed by atoms with Crippen LogP contribution >= 0.6 is 0 Å². The molecule has 6 rings (SSSR count). The Morgan fingerprint density at radius 1 is 0.466 bits per heavy atom. The maximum Gasteiger partial charge on any atom is 0.243 e. The van der Waals surface area contributed by atoms with Gasteiger partial charge >= 0.3 is 0 Å². The van der Waals surface area contributed by atoms with E-state index in [0.29, 0.717) is 45.2 Å². The van der Waals surface area contributed by atoms with E-state index < -0.39 is 47.8 Å². The van der Waals surface area contributed by atoms with Crippen molar-refractivity contribution in [2.75, 3.05) is 113 Å². The van der Waals surface area contributed by atoms with Crippen LogP contribution in [0.15, 0.2) is 72.8 Å². The average Bonchev–Trinajstić information content (AvgIpc) is 3.36. The fraction of sp³-hybridized carbons (Fsp3) is 0.444. The summed E-state index contributed by atoms with van der Waals surface area (Å²) in [6, 6.07) is 20.7. The molecule has 0 spiro atoms. The number of carbonyl (C=O) groups is 4. The molecule has 0 radical (unpaired) electrons. The second-order valence-electron chi connectivity index (χ2n) is 19.5. The second kappa shape index (κ2) is 25.4. The van der Waals surface area contributed by atoms with Crippen molar-refractivity contribution >= 4 is 101 Å². The highest BCUT2D eigenvalue weighted by Gasteiger charge is 2.30. The van der Waals surface area contributed by atoms with Gasteiger partial charge in [0.25, 0.3) is 0 Å². The number of fused-ring (bicyclic) bond motifs is 4. The number of aromatic nitrogens is 2. The number of nitrogens with one attached hydrogen (secondary N) is 5. The normalized spacial score (nSPS) is 13.0. The highest BCUT2D eigenvalue weighted by molar-refractivity contribution is 6.10. The number of nitrogens with two attached hydrogens (primary N) is 4. The number of anilines is 6. The quantitative estimate of drug-likeness (QED) is 0.0259. The minimum atomic E-state index is -1.06. The Kier molecular flexibility index (Phi) is 19.2. The van der Waals surface area contributed by atoms with Crippen molar-refractivity contribution in [1.29, 1.82) is 0 Å². The van der Waals surface area contributed by atoms with Gasteiger partial charge in [-0.1, -0.05) is 0 Å². The van der Waals surface area contributed by atoms with E-state index in [1.165, 1.54) is 0 Å². The van der Waals surface area contributed by atoms with Gasteiger partial charge in [-0.3, -0.25) is 19.2 Å². The van der Waals surface area contributed by atoms with Crippen molar-refractivity contribution < 1.29 is 19.2 Å². The molecule has 19 heteroatoms. The third-order valence-electron chi connectivity index (χ3n) is 13.2. The van der Waals surface area contributed by atoms with Gasteiger partial charge in [-0.05, 0) is 137 Å². The Bertz CT molecular complexity index is 2760.